The summed E-state index contributed by atoms with van der Waals surface area (Å²) in [4.78, 5) is 42.9. The molecule has 0 aromatic rings. The number of aliphatic carboxylic acids is 2. The zero-order valence-electron chi connectivity index (χ0n) is 8.14. The molecule has 109 valence electrons. The van der Waals surface area contributed by atoms with E-state index in [4.69, 9.17) is 65.8 Å². The average molecular weight is 328 g/mol. The Morgan fingerprint density at radius 3 is 0.684 bits per heavy atom. The second kappa shape index (κ2) is 20.5. The van der Waals surface area contributed by atoms with Crippen molar-refractivity contribution in [2.75, 3.05) is 0 Å². The number of carboxylic acid groups (broad SMARTS) is 2. The third kappa shape index (κ3) is 2240. The van der Waals surface area contributed by atoms with Crippen LogP contribution in [0.25, 0.3) is 0 Å². The molecule has 17 heteroatoms. The molecule has 0 aliphatic heterocycles. The minimum Gasteiger partial charge on any atom is -0.473 e. The van der Waals surface area contributed by atoms with Gasteiger partial charge in [0, 0.05) is 0 Å². The second-order valence-electron chi connectivity index (χ2n) is 1.28. The zero-order valence-corrected chi connectivity index (χ0v) is 9.41. The van der Waals surface area contributed by atoms with Gasteiger partial charge in [-0.2, -0.15) is 0 Å². The molecule has 16 nitrogen and oxygen atoms in total. The molecular formula is C2H2CrN3O13. The van der Waals surface area contributed by atoms with Crippen LogP contribution in [0.1, 0.15) is 0 Å². The summed E-state index contributed by atoms with van der Waals surface area (Å²) in [5.74, 6) is -3.65. The summed E-state index contributed by atoms with van der Waals surface area (Å²) < 4.78 is 0. The maximum atomic E-state index is 9.10. The van der Waals surface area contributed by atoms with E-state index >= 15 is 0 Å². The van der Waals surface area contributed by atoms with Gasteiger partial charge in [0.25, 0.3) is 0 Å². The molecule has 0 heterocycles. The van der Waals surface area contributed by atoms with Crippen LogP contribution in [0, 0.1) is 46.0 Å². The van der Waals surface area contributed by atoms with Gasteiger partial charge in [0.05, 0.1) is 15.3 Å². The molecule has 0 spiro atoms. The van der Waals surface area contributed by atoms with Gasteiger partial charge in [0.15, 0.2) is 0 Å². The van der Waals surface area contributed by atoms with E-state index < -0.39 is 27.2 Å². The fourth-order valence-corrected chi connectivity index (χ4v) is 0. The van der Waals surface area contributed by atoms with Crippen LogP contribution in [0.15, 0.2) is 0 Å². The van der Waals surface area contributed by atoms with Gasteiger partial charge in [0.2, 0.25) is 0 Å². The van der Waals surface area contributed by atoms with Crippen LogP contribution in [0.2, 0.25) is 0 Å². The number of carbonyl (C=O) groups is 2. The first kappa shape index (κ1) is 29.8. The van der Waals surface area contributed by atoms with E-state index in [0.717, 1.165) is 0 Å². The average Bonchev–Trinajstić information content (AvgIpc) is 1.99. The van der Waals surface area contributed by atoms with Crippen molar-refractivity contribution in [1.82, 2.24) is 0 Å². The molecule has 0 atom stereocenters. The second-order valence-corrected chi connectivity index (χ2v) is 1.28. The maximum absolute atomic E-state index is 9.10. The van der Waals surface area contributed by atoms with Crippen molar-refractivity contribution in [3.8, 4) is 0 Å². The molecule has 2 N–H and O–H groups in total. The van der Waals surface area contributed by atoms with E-state index in [1.165, 1.54) is 0 Å². The van der Waals surface area contributed by atoms with Gasteiger partial charge in [0.1, 0.15) is 0 Å². The first-order chi connectivity index (χ1) is 7.84. The Balaban J connectivity index is -0.0000000459. The number of carboxylic acids is 2. The monoisotopic (exact) mass is 328 g/mol. The molecule has 1 radical (unpaired) electrons. The first-order valence-corrected chi connectivity index (χ1v) is 2.75. The molecular weight excluding hydrogens is 326 g/mol. The summed E-state index contributed by atoms with van der Waals surface area (Å²) >= 11 is 0. The molecule has 0 amide bonds. The number of hydrogen-bond acceptors (Lipinski definition) is 11. The molecule has 0 rings (SSSR count). The summed E-state index contributed by atoms with van der Waals surface area (Å²) in [6, 6.07) is 0. The van der Waals surface area contributed by atoms with Crippen molar-refractivity contribution in [3.05, 3.63) is 46.0 Å². The molecule has 0 unspecified atom stereocenters. The van der Waals surface area contributed by atoms with Gasteiger partial charge in [-0.25, -0.2) is 9.59 Å². The van der Waals surface area contributed by atoms with Gasteiger partial charge in [-0.05, 0) is 0 Å². The Morgan fingerprint density at radius 2 is 0.684 bits per heavy atom. The third-order valence-electron chi connectivity index (χ3n) is 0.183. The van der Waals surface area contributed by atoms with Gasteiger partial charge >= 0.3 is 29.3 Å². The Labute approximate surface area is 111 Å². The topological polar surface area (TPSA) is 273 Å². The molecule has 19 heavy (non-hydrogen) atoms. The number of rotatable bonds is 0. The van der Waals surface area contributed by atoms with E-state index in [1.54, 1.807) is 0 Å². The largest absolute Gasteiger partial charge is 3.00 e. The Kier molecular flexibility index (Phi) is 32.1. The van der Waals surface area contributed by atoms with Crippen LogP contribution in [0.3, 0.4) is 0 Å². The van der Waals surface area contributed by atoms with Crippen molar-refractivity contribution >= 4 is 11.9 Å². The summed E-state index contributed by atoms with van der Waals surface area (Å²) in [5.41, 5.74) is 0. The minimum atomic E-state index is -1.82. The molecule has 0 aromatic heterocycles. The van der Waals surface area contributed by atoms with Gasteiger partial charge in [-0.1, -0.05) is 0 Å². The van der Waals surface area contributed by atoms with Crippen LogP contribution in [0.4, 0.5) is 0 Å². The van der Waals surface area contributed by atoms with Crippen LogP contribution in [-0.2, 0) is 27.0 Å². The predicted octanol–water partition coefficient (Wildman–Crippen LogP) is -1.56. The van der Waals surface area contributed by atoms with Crippen molar-refractivity contribution in [2.45, 2.75) is 0 Å². The molecule has 0 saturated carbocycles. The summed E-state index contributed by atoms with van der Waals surface area (Å²) in [6.07, 6.45) is 0. The Hall–Kier alpha value is -2.93. The van der Waals surface area contributed by atoms with E-state index in [9.17, 15) is 0 Å². The Bertz CT molecular complexity index is 248. The summed E-state index contributed by atoms with van der Waals surface area (Å²) in [7, 11) is 0. The summed E-state index contributed by atoms with van der Waals surface area (Å²) in [5, 5.41) is 59.0. The standard InChI is InChI=1S/C2H2O4.Cr.3NO3/c3-1(4)2(5)6;;3*2-1(3)4/h(H,3,4)(H,5,6);;;;/q;+3;3*-1. The SMILES string of the molecule is O=C(O)C(=O)O.O=[N+]([O-])[O-].O=[N+]([O-])[O-].O=[N+]([O-])[O-].[Cr+3]. The minimum absolute atomic E-state index is 0. The molecule has 0 saturated heterocycles. The number of hydrogen-bond donors (Lipinski definition) is 2. The van der Waals surface area contributed by atoms with E-state index in [2.05, 4.69) is 0 Å². The fourth-order valence-electron chi connectivity index (χ4n) is 0. The van der Waals surface area contributed by atoms with Crippen molar-refractivity contribution in [3.63, 3.8) is 0 Å². The van der Waals surface area contributed by atoms with Crippen LogP contribution >= 0.6 is 0 Å². The smallest absolute Gasteiger partial charge is 0.473 e. The van der Waals surface area contributed by atoms with Crippen molar-refractivity contribution in [1.29, 1.82) is 0 Å². The van der Waals surface area contributed by atoms with E-state index in [-0.39, 0.29) is 17.4 Å². The van der Waals surface area contributed by atoms with E-state index in [1.807, 2.05) is 0 Å². The number of nitrogens with zero attached hydrogens (tertiary/aromatic N) is 3. The molecule has 0 aromatic carbocycles. The molecule has 0 aliphatic carbocycles. The fraction of sp³-hybridized carbons (Fsp3) is 0. The molecule has 0 bridgehead atoms. The van der Waals surface area contributed by atoms with Gasteiger partial charge in [-0.15, -0.1) is 0 Å². The normalized spacial score (nSPS) is 6.11. The maximum Gasteiger partial charge on any atom is 3.00 e. The predicted molar refractivity (Wildman–Crippen MR) is 46.4 cm³/mol. The van der Waals surface area contributed by atoms with Crippen molar-refractivity contribution < 1.29 is 52.4 Å². The van der Waals surface area contributed by atoms with Crippen LogP contribution in [-0.4, -0.2) is 37.4 Å². The zero-order chi connectivity index (χ0) is 15.9. The van der Waals surface area contributed by atoms with Gasteiger partial charge in [-0.3, -0.25) is 0 Å². The quantitative estimate of drug-likeness (QED) is 0.289. The molecule has 0 aliphatic rings. The van der Waals surface area contributed by atoms with Gasteiger partial charge < -0.3 is 56.2 Å². The van der Waals surface area contributed by atoms with Crippen LogP contribution < -0.4 is 0 Å². The van der Waals surface area contributed by atoms with Crippen LogP contribution in [0.5, 0.6) is 0 Å². The molecule has 0 fully saturated rings. The first-order valence-electron chi connectivity index (χ1n) is 2.75. The van der Waals surface area contributed by atoms with Crippen molar-refractivity contribution in [2.24, 2.45) is 0 Å². The third-order valence-corrected chi connectivity index (χ3v) is 0.183. The van der Waals surface area contributed by atoms with E-state index in [0.29, 0.717) is 0 Å². The summed E-state index contributed by atoms with van der Waals surface area (Å²) in [6.45, 7) is 0. The Morgan fingerprint density at radius 1 is 0.632 bits per heavy atom.